The van der Waals surface area contributed by atoms with Crippen LogP contribution in [0.3, 0.4) is 0 Å². The normalized spacial score (nSPS) is 11.0. The van der Waals surface area contributed by atoms with Crippen molar-refractivity contribution in [3.05, 3.63) is 52.1 Å². The summed E-state index contributed by atoms with van der Waals surface area (Å²) in [5, 5.41) is 4.14. The third-order valence-corrected chi connectivity index (χ3v) is 4.85. The molecule has 0 N–H and O–H groups in total. The molecule has 0 fully saturated rings. The summed E-state index contributed by atoms with van der Waals surface area (Å²) < 4.78 is 2.03. The molecule has 4 nitrogen and oxygen atoms in total. The molecule has 3 rings (SSSR count). The summed E-state index contributed by atoms with van der Waals surface area (Å²) in [6, 6.07) is 7.84. The monoisotopic (exact) mass is 313 g/mol. The maximum absolute atomic E-state index is 12.7. The molecule has 0 unspecified atom stereocenters. The van der Waals surface area contributed by atoms with Gasteiger partial charge in [-0.25, -0.2) is 4.98 Å². The zero-order valence-corrected chi connectivity index (χ0v) is 13.9. The van der Waals surface area contributed by atoms with Gasteiger partial charge >= 0.3 is 0 Å². The fraction of sp³-hybridized carbons (Fsp3) is 0.294. The van der Waals surface area contributed by atoms with Crippen molar-refractivity contribution in [2.75, 3.05) is 7.05 Å². The van der Waals surface area contributed by atoms with E-state index in [1.165, 1.54) is 0 Å². The average Bonchev–Trinajstić information content (AvgIpc) is 3.13. The number of hydrogen-bond acceptors (Lipinski definition) is 3. The molecule has 2 heterocycles. The number of carbonyl (C=O) groups is 1. The summed E-state index contributed by atoms with van der Waals surface area (Å²) >= 11 is 1.65. The average molecular weight is 313 g/mol. The van der Waals surface area contributed by atoms with Crippen LogP contribution in [0.15, 0.2) is 35.8 Å². The van der Waals surface area contributed by atoms with Crippen molar-refractivity contribution < 1.29 is 4.79 Å². The van der Waals surface area contributed by atoms with Crippen molar-refractivity contribution in [2.24, 2.45) is 7.05 Å². The van der Waals surface area contributed by atoms with Gasteiger partial charge in [0.2, 0.25) is 0 Å². The number of carbonyl (C=O) groups excluding carboxylic acids is 1. The molecule has 1 amide bonds. The van der Waals surface area contributed by atoms with Gasteiger partial charge in [-0.2, -0.15) is 0 Å². The molecule has 0 radical (unpaired) electrons. The van der Waals surface area contributed by atoms with Crippen LogP contribution in [0.5, 0.6) is 0 Å². The number of rotatable bonds is 4. The first-order valence-corrected chi connectivity index (χ1v) is 8.21. The van der Waals surface area contributed by atoms with Crippen LogP contribution in [0.1, 0.15) is 28.0 Å². The maximum atomic E-state index is 12.7. The van der Waals surface area contributed by atoms with Gasteiger partial charge in [0.15, 0.2) is 0 Å². The number of fused-ring (bicyclic) bond motifs is 1. The first kappa shape index (κ1) is 14.8. The van der Waals surface area contributed by atoms with Gasteiger partial charge in [0.05, 0.1) is 17.2 Å². The van der Waals surface area contributed by atoms with E-state index >= 15 is 0 Å². The zero-order valence-electron chi connectivity index (χ0n) is 13.0. The van der Waals surface area contributed by atoms with Gasteiger partial charge in [0.25, 0.3) is 5.91 Å². The van der Waals surface area contributed by atoms with Gasteiger partial charge in [0.1, 0.15) is 0 Å². The second-order valence-corrected chi connectivity index (χ2v) is 6.36. The molecule has 0 saturated carbocycles. The fourth-order valence-electron chi connectivity index (χ4n) is 2.59. The van der Waals surface area contributed by atoms with Crippen LogP contribution in [0, 0.1) is 0 Å². The van der Waals surface area contributed by atoms with E-state index < -0.39 is 0 Å². The molecule has 22 heavy (non-hydrogen) atoms. The number of benzene rings is 1. The lowest BCUT2D eigenvalue weighted by Gasteiger charge is -2.16. The molecule has 0 aliphatic carbocycles. The lowest BCUT2D eigenvalue weighted by molar-refractivity contribution is 0.0785. The summed E-state index contributed by atoms with van der Waals surface area (Å²) in [5.41, 5.74) is 2.77. The topological polar surface area (TPSA) is 38.1 Å². The van der Waals surface area contributed by atoms with Crippen molar-refractivity contribution >= 4 is 28.1 Å². The molecule has 0 saturated heterocycles. The quantitative estimate of drug-likeness (QED) is 0.740. The second kappa shape index (κ2) is 5.93. The Balaban J connectivity index is 1.85. The first-order valence-electron chi connectivity index (χ1n) is 7.33. The third-order valence-electron chi connectivity index (χ3n) is 3.81. The van der Waals surface area contributed by atoms with E-state index in [4.69, 9.17) is 0 Å². The van der Waals surface area contributed by atoms with E-state index in [0.29, 0.717) is 6.54 Å². The summed E-state index contributed by atoms with van der Waals surface area (Å²) in [6.45, 7) is 2.63. The first-order chi connectivity index (χ1) is 10.6. The minimum absolute atomic E-state index is 0.0304. The number of hydrogen-bond donors (Lipinski definition) is 0. The smallest absolute Gasteiger partial charge is 0.254 e. The number of nitrogens with zero attached hydrogens (tertiary/aromatic N) is 3. The van der Waals surface area contributed by atoms with E-state index in [1.54, 1.807) is 16.2 Å². The Hall–Kier alpha value is -2.14. The molecular weight excluding hydrogens is 294 g/mol. The number of aryl methyl sites for hydroxylation is 2. The van der Waals surface area contributed by atoms with E-state index in [9.17, 15) is 4.79 Å². The Bertz CT molecular complexity index is 818. The zero-order chi connectivity index (χ0) is 15.7. The summed E-state index contributed by atoms with van der Waals surface area (Å²) in [6.07, 6.45) is 2.92. The van der Waals surface area contributed by atoms with Crippen LogP contribution in [0.25, 0.3) is 10.9 Å². The maximum Gasteiger partial charge on any atom is 0.254 e. The molecule has 0 aliphatic heterocycles. The summed E-state index contributed by atoms with van der Waals surface area (Å²) in [4.78, 5) is 19.0. The molecule has 0 spiro atoms. The van der Waals surface area contributed by atoms with Crippen LogP contribution in [-0.4, -0.2) is 27.4 Å². The molecule has 2 aromatic heterocycles. The lowest BCUT2D eigenvalue weighted by Crippen LogP contribution is -2.26. The van der Waals surface area contributed by atoms with Crippen LogP contribution >= 0.6 is 11.3 Å². The van der Waals surface area contributed by atoms with Gasteiger partial charge in [-0.1, -0.05) is 13.0 Å². The predicted molar refractivity (Wildman–Crippen MR) is 90.2 cm³/mol. The summed E-state index contributed by atoms with van der Waals surface area (Å²) in [5.74, 6) is 0.0304. The standard InChI is InChI=1S/C17H19N3OS/c1-4-16-18-12(11-22-16)10-20(3)17(21)14-6-5-7-15-13(14)8-9-19(15)2/h5-9,11H,4,10H2,1-3H3. The van der Waals surface area contributed by atoms with Gasteiger partial charge in [-0.15, -0.1) is 11.3 Å². The van der Waals surface area contributed by atoms with E-state index in [0.717, 1.165) is 33.6 Å². The van der Waals surface area contributed by atoms with Crippen molar-refractivity contribution in [1.82, 2.24) is 14.5 Å². The van der Waals surface area contributed by atoms with Crippen LogP contribution in [0.2, 0.25) is 0 Å². The van der Waals surface area contributed by atoms with Crippen LogP contribution < -0.4 is 0 Å². The van der Waals surface area contributed by atoms with Gasteiger partial charge < -0.3 is 9.47 Å². The third kappa shape index (κ3) is 2.64. The number of aromatic nitrogens is 2. The van der Waals surface area contributed by atoms with Crippen molar-refractivity contribution in [3.63, 3.8) is 0 Å². The van der Waals surface area contributed by atoms with E-state index in [-0.39, 0.29) is 5.91 Å². The number of amides is 1. The van der Waals surface area contributed by atoms with Crippen molar-refractivity contribution in [2.45, 2.75) is 19.9 Å². The molecule has 0 atom stereocenters. The minimum Gasteiger partial charge on any atom is -0.351 e. The van der Waals surface area contributed by atoms with Gasteiger partial charge in [-0.3, -0.25) is 4.79 Å². The number of thiazole rings is 1. The van der Waals surface area contributed by atoms with Gasteiger partial charge in [-0.05, 0) is 24.6 Å². The highest BCUT2D eigenvalue weighted by atomic mass is 32.1. The molecular formula is C17H19N3OS. The van der Waals surface area contributed by atoms with Crippen LogP contribution in [-0.2, 0) is 20.0 Å². The Morgan fingerprint density at radius 1 is 1.36 bits per heavy atom. The fourth-order valence-corrected chi connectivity index (χ4v) is 3.33. The lowest BCUT2D eigenvalue weighted by atomic mass is 10.1. The van der Waals surface area contributed by atoms with Gasteiger partial charge in [0, 0.05) is 42.1 Å². The Labute approximate surface area is 134 Å². The SMILES string of the molecule is CCc1nc(CN(C)C(=O)c2cccc3c2ccn3C)cs1. The molecule has 5 heteroatoms. The highest BCUT2D eigenvalue weighted by Gasteiger charge is 2.16. The Kier molecular flexibility index (Phi) is 3.98. The van der Waals surface area contributed by atoms with Crippen molar-refractivity contribution in [1.29, 1.82) is 0 Å². The predicted octanol–water partition coefficient (Wildman–Crippen LogP) is 3.47. The summed E-state index contributed by atoms with van der Waals surface area (Å²) in [7, 11) is 3.82. The van der Waals surface area contributed by atoms with Crippen molar-refractivity contribution in [3.8, 4) is 0 Å². The minimum atomic E-state index is 0.0304. The second-order valence-electron chi connectivity index (χ2n) is 5.41. The van der Waals surface area contributed by atoms with E-state index in [2.05, 4.69) is 11.9 Å². The Morgan fingerprint density at radius 2 is 2.18 bits per heavy atom. The molecule has 0 bridgehead atoms. The highest BCUT2D eigenvalue weighted by molar-refractivity contribution is 7.09. The highest BCUT2D eigenvalue weighted by Crippen LogP contribution is 2.21. The van der Waals surface area contributed by atoms with E-state index in [1.807, 2.05) is 54.5 Å². The molecule has 1 aromatic carbocycles. The largest absolute Gasteiger partial charge is 0.351 e. The molecule has 114 valence electrons. The van der Waals surface area contributed by atoms with Crippen LogP contribution in [0.4, 0.5) is 0 Å². The molecule has 0 aliphatic rings. The molecule has 3 aromatic rings. The Morgan fingerprint density at radius 3 is 2.91 bits per heavy atom.